The highest BCUT2D eigenvalue weighted by Crippen LogP contribution is 2.71. The van der Waals surface area contributed by atoms with E-state index in [4.69, 9.17) is 4.74 Å². The van der Waals surface area contributed by atoms with Crippen LogP contribution in [0.3, 0.4) is 0 Å². The minimum absolute atomic E-state index is 0.763. The highest BCUT2D eigenvalue weighted by molar-refractivity contribution is 5.20. The lowest BCUT2D eigenvalue weighted by Crippen LogP contribution is -2.08. The fourth-order valence-corrected chi connectivity index (χ4v) is 3.46. The van der Waals surface area contributed by atoms with E-state index < -0.39 is 0 Å². The zero-order valence-corrected chi connectivity index (χ0v) is 5.29. The normalized spacial score (nSPS) is 80.0. The zero-order chi connectivity index (χ0) is 5.59. The molecule has 1 saturated heterocycles. The molecule has 0 aromatic carbocycles. The first-order chi connectivity index (χ1) is 4.45. The summed E-state index contributed by atoms with van der Waals surface area (Å²) in [4.78, 5) is 0. The Labute approximate surface area is 54.4 Å². The molecule has 3 saturated carbocycles. The summed E-state index contributed by atoms with van der Waals surface area (Å²) in [6.45, 7) is 0. The van der Waals surface area contributed by atoms with E-state index >= 15 is 0 Å². The second-order valence-corrected chi connectivity index (χ2v) is 4.19. The standard InChI is InChI=1S/C8H10O/c1-3-4(1)6-2-5(3)7-8(6)9-7/h3-8H,1-2H2. The van der Waals surface area contributed by atoms with E-state index in [1.807, 2.05) is 0 Å². The maximum Gasteiger partial charge on any atom is 0.0875 e. The first kappa shape index (κ1) is 3.97. The first-order valence-corrected chi connectivity index (χ1v) is 4.10. The van der Waals surface area contributed by atoms with Gasteiger partial charge >= 0.3 is 0 Å². The van der Waals surface area contributed by atoms with Crippen LogP contribution in [0.1, 0.15) is 12.8 Å². The van der Waals surface area contributed by atoms with E-state index in [1.54, 1.807) is 6.42 Å². The minimum atomic E-state index is 0.763. The van der Waals surface area contributed by atoms with Gasteiger partial charge in [0.05, 0.1) is 12.2 Å². The second kappa shape index (κ2) is 0.878. The molecule has 1 nitrogen and oxygen atoms in total. The van der Waals surface area contributed by atoms with Crippen LogP contribution in [0.4, 0.5) is 0 Å². The van der Waals surface area contributed by atoms with E-state index in [0.29, 0.717) is 0 Å². The highest BCUT2D eigenvalue weighted by Gasteiger charge is 2.72. The van der Waals surface area contributed by atoms with Crippen molar-refractivity contribution in [3.8, 4) is 0 Å². The van der Waals surface area contributed by atoms with Crippen LogP contribution in [0.25, 0.3) is 0 Å². The predicted molar refractivity (Wildman–Crippen MR) is 31.9 cm³/mol. The van der Waals surface area contributed by atoms with Crippen molar-refractivity contribution in [1.82, 2.24) is 0 Å². The number of ether oxygens (including phenoxy) is 1. The fourth-order valence-electron chi connectivity index (χ4n) is 3.46. The fraction of sp³-hybridized carbons (Fsp3) is 1.00. The van der Waals surface area contributed by atoms with Crippen molar-refractivity contribution in [2.75, 3.05) is 0 Å². The molecule has 1 aliphatic heterocycles. The monoisotopic (exact) mass is 122 g/mol. The Hall–Kier alpha value is -0.0400. The maximum atomic E-state index is 5.54. The van der Waals surface area contributed by atoms with Gasteiger partial charge < -0.3 is 4.74 Å². The van der Waals surface area contributed by atoms with E-state index in [2.05, 4.69) is 0 Å². The van der Waals surface area contributed by atoms with Crippen molar-refractivity contribution >= 4 is 0 Å². The maximum absolute atomic E-state index is 5.54. The molecule has 0 spiro atoms. The van der Waals surface area contributed by atoms with Gasteiger partial charge in [0.15, 0.2) is 0 Å². The van der Waals surface area contributed by atoms with Crippen LogP contribution in [-0.4, -0.2) is 12.2 Å². The van der Waals surface area contributed by atoms with E-state index in [0.717, 1.165) is 35.9 Å². The van der Waals surface area contributed by atoms with Crippen molar-refractivity contribution in [1.29, 1.82) is 0 Å². The number of fused-ring (bicyclic) bond motifs is 8. The SMILES string of the molecule is C1C2C1C1CC2C2OC12. The Morgan fingerprint density at radius 3 is 1.89 bits per heavy atom. The molecule has 1 heteroatoms. The Bertz CT molecular complexity index is 153. The number of hydrogen-bond donors (Lipinski definition) is 0. The molecule has 3 aliphatic carbocycles. The lowest BCUT2D eigenvalue weighted by atomic mass is 10.0. The lowest BCUT2D eigenvalue weighted by Gasteiger charge is -2.03. The molecule has 0 radical (unpaired) electrons. The average Bonchev–Trinajstić information content (AvgIpc) is 2.74. The molecule has 4 fully saturated rings. The van der Waals surface area contributed by atoms with Crippen LogP contribution >= 0.6 is 0 Å². The van der Waals surface area contributed by atoms with Crippen LogP contribution in [0.2, 0.25) is 0 Å². The quantitative estimate of drug-likeness (QED) is 0.437. The van der Waals surface area contributed by atoms with Crippen LogP contribution in [0.15, 0.2) is 0 Å². The molecule has 6 unspecified atom stereocenters. The molecule has 2 bridgehead atoms. The highest BCUT2D eigenvalue weighted by atomic mass is 16.6. The molecule has 4 rings (SSSR count). The van der Waals surface area contributed by atoms with Gasteiger partial charge in [0.1, 0.15) is 0 Å². The Kier molecular flexibility index (Phi) is 0.387. The average molecular weight is 122 g/mol. The van der Waals surface area contributed by atoms with E-state index in [-0.39, 0.29) is 0 Å². The summed E-state index contributed by atoms with van der Waals surface area (Å²) in [5.41, 5.74) is 0. The summed E-state index contributed by atoms with van der Waals surface area (Å²) >= 11 is 0. The van der Waals surface area contributed by atoms with Gasteiger partial charge in [0.2, 0.25) is 0 Å². The van der Waals surface area contributed by atoms with Gasteiger partial charge in [-0.1, -0.05) is 0 Å². The Morgan fingerprint density at radius 1 is 0.778 bits per heavy atom. The summed E-state index contributed by atoms with van der Waals surface area (Å²) in [5.74, 6) is 4.34. The predicted octanol–water partition coefficient (Wildman–Crippen LogP) is 1.04. The van der Waals surface area contributed by atoms with Crippen molar-refractivity contribution in [2.45, 2.75) is 25.0 Å². The van der Waals surface area contributed by atoms with Gasteiger partial charge in [-0.25, -0.2) is 0 Å². The van der Waals surface area contributed by atoms with Crippen LogP contribution < -0.4 is 0 Å². The second-order valence-electron chi connectivity index (χ2n) is 4.19. The van der Waals surface area contributed by atoms with E-state index in [1.165, 1.54) is 6.42 Å². The van der Waals surface area contributed by atoms with Gasteiger partial charge in [-0.15, -0.1) is 0 Å². The van der Waals surface area contributed by atoms with Gasteiger partial charge in [-0.2, -0.15) is 0 Å². The molecular weight excluding hydrogens is 112 g/mol. The Morgan fingerprint density at radius 2 is 1.33 bits per heavy atom. The van der Waals surface area contributed by atoms with Crippen molar-refractivity contribution in [2.24, 2.45) is 23.7 Å². The summed E-state index contributed by atoms with van der Waals surface area (Å²) < 4.78 is 5.54. The first-order valence-electron chi connectivity index (χ1n) is 4.10. The zero-order valence-electron chi connectivity index (χ0n) is 5.29. The molecule has 1 heterocycles. The summed E-state index contributed by atoms with van der Waals surface area (Å²) in [6.07, 6.45) is 4.62. The summed E-state index contributed by atoms with van der Waals surface area (Å²) in [5, 5.41) is 0. The summed E-state index contributed by atoms with van der Waals surface area (Å²) in [7, 11) is 0. The Balaban J connectivity index is 1.91. The van der Waals surface area contributed by atoms with Gasteiger partial charge in [0, 0.05) is 0 Å². The molecule has 0 N–H and O–H groups in total. The lowest BCUT2D eigenvalue weighted by molar-refractivity contribution is 0.238. The smallest absolute Gasteiger partial charge is 0.0875 e. The van der Waals surface area contributed by atoms with E-state index in [9.17, 15) is 0 Å². The molecule has 0 aromatic heterocycles. The minimum Gasteiger partial charge on any atom is -0.369 e. The van der Waals surface area contributed by atoms with Crippen molar-refractivity contribution in [3.05, 3.63) is 0 Å². The third-order valence-electron chi connectivity index (χ3n) is 3.94. The molecule has 0 aromatic rings. The third-order valence-corrected chi connectivity index (χ3v) is 3.94. The topological polar surface area (TPSA) is 12.5 Å². The van der Waals surface area contributed by atoms with Crippen molar-refractivity contribution in [3.63, 3.8) is 0 Å². The molecule has 9 heavy (non-hydrogen) atoms. The largest absolute Gasteiger partial charge is 0.369 e. The van der Waals surface area contributed by atoms with Crippen LogP contribution in [0, 0.1) is 23.7 Å². The van der Waals surface area contributed by atoms with Gasteiger partial charge in [-0.05, 0) is 36.5 Å². The van der Waals surface area contributed by atoms with Gasteiger partial charge in [-0.3, -0.25) is 0 Å². The van der Waals surface area contributed by atoms with Crippen LogP contribution in [-0.2, 0) is 4.74 Å². The molecule has 6 atom stereocenters. The molecule has 48 valence electrons. The number of hydrogen-bond acceptors (Lipinski definition) is 1. The van der Waals surface area contributed by atoms with Gasteiger partial charge in [0.25, 0.3) is 0 Å². The molecule has 4 aliphatic rings. The third kappa shape index (κ3) is 0.277. The summed E-state index contributed by atoms with van der Waals surface area (Å²) in [6, 6.07) is 0. The number of rotatable bonds is 0. The van der Waals surface area contributed by atoms with Crippen molar-refractivity contribution < 1.29 is 4.74 Å². The van der Waals surface area contributed by atoms with Crippen LogP contribution in [0.5, 0.6) is 0 Å². The number of epoxide rings is 1. The molecule has 0 amide bonds. The molecular formula is C8H10O.